The van der Waals surface area contributed by atoms with Gasteiger partial charge in [0.25, 0.3) is 5.91 Å². The second-order valence-corrected chi connectivity index (χ2v) is 7.98. The number of pyridine rings is 1. The van der Waals surface area contributed by atoms with Gasteiger partial charge in [-0.15, -0.1) is 0 Å². The van der Waals surface area contributed by atoms with E-state index in [0.29, 0.717) is 31.1 Å². The topological polar surface area (TPSA) is 71.3 Å². The number of piperidine rings is 1. The molecule has 2 amide bonds. The van der Waals surface area contributed by atoms with Crippen molar-refractivity contribution in [1.29, 1.82) is 0 Å². The van der Waals surface area contributed by atoms with Crippen molar-refractivity contribution in [3.05, 3.63) is 47.5 Å². The predicted octanol–water partition coefficient (Wildman–Crippen LogP) is 2.46. The molecule has 1 saturated heterocycles. The van der Waals surface area contributed by atoms with Crippen molar-refractivity contribution in [2.45, 2.75) is 39.0 Å². The number of carbonyl (C=O) groups is 2. The average Bonchev–Trinajstić information content (AvgIpc) is 3.08. The van der Waals surface area contributed by atoms with Crippen molar-refractivity contribution in [3.63, 3.8) is 0 Å². The molecule has 0 bridgehead atoms. The number of carbonyl (C=O) groups excluding carboxylic acids is 2. The van der Waals surface area contributed by atoms with E-state index in [0.717, 1.165) is 43.6 Å². The van der Waals surface area contributed by atoms with Gasteiger partial charge in [0.05, 0.1) is 5.69 Å². The molecule has 0 aliphatic carbocycles. The molecule has 0 unspecified atom stereocenters. The molecule has 1 aliphatic heterocycles. The summed E-state index contributed by atoms with van der Waals surface area (Å²) in [5.74, 6) is 0.568. The highest BCUT2D eigenvalue weighted by Gasteiger charge is 2.27. The fourth-order valence-corrected chi connectivity index (χ4v) is 3.93. The molecule has 29 heavy (non-hydrogen) atoms. The summed E-state index contributed by atoms with van der Waals surface area (Å²) in [6.45, 7) is 4.06. The maximum Gasteiger partial charge on any atom is 0.272 e. The van der Waals surface area contributed by atoms with Gasteiger partial charge in [0.1, 0.15) is 5.69 Å². The van der Waals surface area contributed by atoms with E-state index < -0.39 is 0 Å². The molecule has 2 aromatic heterocycles. The van der Waals surface area contributed by atoms with Gasteiger partial charge in [-0.1, -0.05) is 6.07 Å². The number of likely N-dealkylation sites (N-methyl/N-ethyl adjacent to an activating group) is 1. The molecule has 3 heterocycles. The van der Waals surface area contributed by atoms with Crippen LogP contribution in [0.3, 0.4) is 0 Å². The quantitative estimate of drug-likeness (QED) is 0.720. The van der Waals surface area contributed by atoms with E-state index in [9.17, 15) is 9.59 Å². The molecule has 0 saturated carbocycles. The van der Waals surface area contributed by atoms with Crippen LogP contribution < -0.4 is 0 Å². The first-order valence-electron chi connectivity index (χ1n) is 10.4. The summed E-state index contributed by atoms with van der Waals surface area (Å²) < 4.78 is 1.65. The molecule has 1 aliphatic rings. The van der Waals surface area contributed by atoms with Crippen LogP contribution in [0.2, 0.25) is 0 Å². The van der Waals surface area contributed by atoms with Gasteiger partial charge in [0, 0.05) is 58.5 Å². The molecule has 1 fully saturated rings. The number of aromatic nitrogens is 3. The van der Waals surface area contributed by atoms with Crippen LogP contribution in [0.15, 0.2) is 30.5 Å². The Kier molecular flexibility index (Phi) is 7.01. The zero-order valence-electron chi connectivity index (χ0n) is 17.7. The normalized spacial score (nSPS) is 16.7. The van der Waals surface area contributed by atoms with Gasteiger partial charge in [0.15, 0.2) is 0 Å². The Hall–Kier alpha value is -2.70. The van der Waals surface area contributed by atoms with E-state index in [4.69, 9.17) is 0 Å². The summed E-state index contributed by atoms with van der Waals surface area (Å²) in [7, 11) is 3.66. The molecule has 7 heteroatoms. The average molecular weight is 398 g/mol. The van der Waals surface area contributed by atoms with E-state index >= 15 is 0 Å². The summed E-state index contributed by atoms with van der Waals surface area (Å²) in [5, 5.41) is 4.28. The Morgan fingerprint density at radius 1 is 1.31 bits per heavy atom. The van der Waals surface area contributed by atoms with Gasteiger partial charge < -0.3 is 9.80 Å². The number of amides is 2. The fourth-order valence-electron chi connectivity index (χ4n) is 3.93. The smallest absolute Gasteiger partial charge is 0.272 e. The van der Waals surface area contributed by atoms with Crippen LogP contribution in [0.25, 0.3) is 0 Å². The van der Waals surface area contributed by atoms with Crippen LogP contribution in [0.5, 0.6) is 0 Å². The molecule has 1 atom stereocenters. The highest BCUT2D eigenvalue weighted by molar-refractivity contribution is 5.92. The predicted molar refractivity (Wildman–Crippen MR) is 111 cm³/mol. The zero-order valence-corrected chi connectivity index (χ0v) is 17.7. The summed E-state index contributed by atoms with van der Waals surface area (Å²) >= 11 is 0. The van der Waals surface area contributed by atoms with E-state index in [1.165, 1.54) is 0 Å². The lowest BCUT2D eigenvalue weighted by molar-refractivity contribution is -0.130. The van der Waals surface area contributed by atoms with Crippen LogP contribution >= 0.6 is 0 Å². The van der Waals surface area contributed by atoms with Crippen LogP contribution in [0, 0.1) is 12.8 Å². The maximum atomic E-state index is 12.8. The lowest BCUT2D eigenvalue weighted by Gasteiger charge is -2.33. The second kappa shape index (κ2) is 9.67. The van der Waals surface area contributed by atoms with Crippen molar-refractivity contribution >= 4 is 11.8 Å². The summed E-state index contributed by atoms with van der Waals surface area (Å²) in [6, 6.07) is 7.68. The Bertz CT molecular complexity index is 833. The summed E-state index contributed by atoms with van der Waals surface area (Å²) in [5.41, 5.74) is 2.48. The standard InChI is InChI=1S/C22H31N5O2/c1-17-15-20(26(3)24-17)22(29)27-13-6-7-18(16-27)9-10-21(28)25(2)14-11-19-8-4-5-12-23-19/h4-5,8,12,15,18H,6-7,9-11,13-14,16H2,1-3H3/t18-/m0/s1. The lowest BCUT2D eigenvalue weighted by Crippen LogP contribution is -2.41. The van der Waals surface area contributed by atoms with Gasteiger partial charge in [0.2, 0.25) is 5.91 Å². The van der Waals surface area contributed by atoms with Gasteiger partial charge in [-0.3, -0.25) is 19.3 Å². The Morgan fingerprint density at radius 3 is 2.83 bits per heavy atom. The van der Waals surface area contributed by atoms with E-state index in [1.807, 2.05) is 43.1 Å². The first-order valence-corrected chi connectivity index (χ1v) is 10.4. The van der Waals surface area contributed by atoms with E-state index in [2.05, 4.69) is 10.1 Å². The highest BCUT2D eigenvalue weighted by Crippen LogP contribution is 2.23. The minimum Gasteiger partial charge on any atom is -0.345 e. The highest BCUT2D eigenvalue weighted by atomic mass is 16.2. The first kappa shape index (κ1) is 21.0. The lowest BCUT2D eigenvalue weighted by atomic mass is 9.93. The third kappa shape index (κ3) is 5.65. The van der Waals surface area contributed by atoms with Gasteiger partial charge in [-0.05, 0) is 50.3 Å². The maximum absolute atomic E-state index is 12.8. The minimum absolute atomic E-state index is 0.0385. The number of rotatable bonds is 7. The van der Waals surface area contributed by atoms with E-state index in [-0.39, 0.29) is 11.8 Å². The number of nitrogens with zero attached hydrogens (tertiary/aromatic N) is 5. The molecule has 0 spiro atoms. The third-order valence-corrected chi connectivity index (χ3v) is 5.65. The van der Waals surface area contributed by atoms with E-state index in [1.54, 1.807) is 22.8 Å². The molecule has 0 radical (unpaired) electrons. The molecule has 2 aromatic rings. The molecule has 3 rings (SSSR count). The Labute approximate surface area is 172 Å². The van der Waals surface area contributed by atoms with Crippen molar-refractivity contribution in [2.24, 2.45) is 13.0 Å². The fraction of sp³-hybridized carbons (Fsp3) is 0.545. The van der Waals surface area contributed by atoms with Gasteiger partial charge in [-0.25, -0.2) is 0 Å². The zero-order chi connectivity index (χ0) is 20.8. The monoisotopic (exact) mass is 397 g/mol. The molecule has 0 aromatic carbocycles. The van der Waals surface area contributed by atoms with Crippen LogP contribution in [-0.2, 0) is 18.3 Å². The minimum atomic E-state index is 0.0385. The third-order valence-electron chi connectivity index (χ3n) is 5.65. The number of aryl methyl sites for hydroxylation is 2. The largest absolute Gasteiger partial charge is 0.345 e. The first-order chi connectivity index (χ1) is 13.9. The second-order valence-electron chi connectivity index (χ2n) is 7.98. The number of likely N-dealkylation sites (tertiary alicyclic amines) is 1. The molecule has 7 nitrogen and oxygen atoms in total. The van der Waals surface area contributed by atoms with Crippen LogP contribution in [-0.4, -0.2) is 63.1 Å². The molecule has 0 N–H and O–H groups in total. The Balaban J connectivity index is 1.45. The van der Waals surface area contributed by atoms with Crippen molar-refractivity contribution < 1.29 is 9.59 Å². The molecule has 156 valence electrons. The summed E-state index contributed by atoms with van der Waals surface area (Å²) in [6.07, 6.45) is 5.94. The van der Waals surface area contributed by atoms with Gasteiger partial charge in [-0.2, -0.15) is 5.10 Å². The molecular weight excluding hydrogens is 366 g/mol. The molecular formula is C22H31N5O2. The number of hydrogen-bond donors (Lipinski definition) is 0. The number of hydrogen-bond acceptors (Lipinski definition) is 4. The van der Waals surface area contributed by atoms with Crippen LogP contribution in [0.1, 0.15) is 47.6 Å². The van der Waals surface area contributed by atoms with Crippen LogP contribution in [0.4, 0.5) is 0 Å². The van der Waals surface area contributed by atoms with Gasteiger partial charge >= 0.3 is 0 Å². The summed E-state index contributed by atoms with van der Waals surface area (Å²) in [4.78, 5) is 33.3. The van der Waals surface area contributed by atoms with Crippen molar-refractivity contribution in [1.82, 2.24) is 24.6 Å². The Morgan fingerprint density at radius 2 is 2.14 bits per heavy atom. The SMILES string of the molecule is Cc1cc(C(=O)N2CCC[C@@H](CCC(=O)N(C)CCc3ccccn3)C2)n(C)n1. The van der Waals surface area contributed by atoms with Crippen molar-refractivity contribution in [2.75, 3.05) is 26.7 Å². The van der Waals surface area contributed by atoms with Crippen molar-refractivity contribution in [3.8, 4) is 0 Å².